The van der Waals surface area contributed by atoms with Crippen molar-refractivity contribution in [2.75, 3.05) is 13.1 Å². The minimum Gasteiger partial charge on any atom is -0.333 e. The van der Waals surface area contributed by atoms with Gasteiger partial charge in [0.25, 0.3) is 0 Å². The summed E-state index contributed by atoms with van der Waals surface area (Å²) in [6, 6.07) is 8.49. The molecule has 5 heteroatoms. The average molecular weight is 385 g/mol. The van der Waals surface area contributed by atoms with Gasteiger partial charge in [-0.25, -0.2) is 0 Å². The van der Waals surface area contributed by atoms with E-state index in [1.165, 1.54) is 18.4 Å². The first-order valence-electron chi connectivity index (χ1n) is 9.33. The molecule has 1 N–H and O–H groups in total. The maximum atomic E-state index is 13.0. The third-order valence-electron chi connectivity index (χ3n) is 5.68. The summed E-state index contributed by atoms with van der Waals surface area (Å²) in [6.45, 7) is 6.59. The number of halogens is 2. The van der Waals surface area contributed by atoms with Gasteiger partial charge in [-0.2, -0.15) is 0 Å². The van der Waals surface area contributed by atoms with Crippen molar-refractivity contribution in [3.05, 3.63) is 34.9 Å². The van der Waals surface area contributed by atoms with Crippen LogP contribution in [0.5, 0.6) is 0 Å². The van der Waals surface area contributed by atoms with Crippen LogP contribution >= 0.6 is 24.0 Å². The predicted octanol–water partition coefficient (Wildman–Crippen LogP) is 4.84. The van der Waals surface area contributed by atoms with E-state index in [9.17, 15) is 4.79 Å². The van der Waals surface area contributed by atoms with Crippen molar-refractivity contribution in [3.63, 3.8) is 0 Å². The molecule has 0 radical (unpaired) electrons. The fraction of sp³-hybridized carbons (Fsp3) is 0.650. The highest BCUT2D eigenvalue weighted by Crippen LogP contribution is 2.36. The molecule has 140 valence electrons. The van der Waals surface area contributed by atoms with E-state index in [0.717, 1.165) is 31.0 Å². The van der Waals surface area contributed by atoms with Crippen LogP contribution < -0.4 is 5.32 Å². The number of rotatable bonds is 6. The van der Waals surface area contributed by atoms with E-state index in [2.05, 4.69) is 24.1 Å². The Hall–Kier alpha value is -0.770. The quantitative estimate of drug-likeness (QED) is 0.760. The number of piperidine rings is 1. The third-order valence-corrected chi connectivity index (χ3v) is 5.94. The van der Waals surface area contributed by atoms with E-state index >= 15 is 0 Å². The lowest BCUT2D eigenvalue weighted by Crippen LogP contribution is -2.38. The van der Waals surface area contributed by atoms with Crippen molar-refractivity contribution in [1.29, 1.82) is 0 Å². The fourth-order valence-electron chi connectivity index (χ4n) is 3.95. The highest BCUT2D eigenvalue weighted by atomic mass is 35.5. The van der Waals surface area contributed by atoms with Gasteiger partial charge < -0.3 is 10.2 Å². The van der Waals surface area contributed by atoms with Crippen molar-refractivity contribution < 1.29 is 4.79 Å². The molecule has 1 aromatic carbocycles. The first kappa shape index (κ1) is 20.5. The van der Waals surface area contributed by atoms with E-state index in [-0.39, 0.29) is 18.4 Å². The molecular weight excluding hydrogens is 355 g/mol. The highest BCUT2D eigenvalue weighted by molar-refractivity contribution is 6.30. The van der Waals surface area contributed by atoms with Gasteiger partial charge in [-0.15, -0.1) is 12.4 Å². The van der Waals surface area contributed by atoms with Crippen LogP contribution in [0.4, 0.5) is 0 Å². The molecule has 2 unspecified atom stereocenters. The zero-order valence-electron chi connectivity index (χ0n) is 15.2. The van der Waals surface area contributed by atoms with Gasteiger partial charge in [0, 0.05) is 17.5 Å². The van der Waals surface area contributed by atoms with Crippen molar-refractivity contribution in [1.82, 2.24) is 10.2 Å². The normalized spacial score (nSPS) is 20.4. The summed E-state index contributed by atoms with van der Waals surface area (Å²) in [5.74, 6) is 1.48. The van der Waals surface area contributed by atoms with E-state index in [0.29, 0.717) is 30.2 Å². The maximum absolute atomic E-state index is 13.0. The molecule has 1 aliphatic carbocycles. The zero-order chi connectivity index (χ0) is 17.1. The van der Waals surface area contributed by atoms with Gasteiger partial charge in [-0.1, -0.05) is 30.7 Å². The van der Waals surface area contributed by atoms with Crippen LogP contribution in [-0.2, 0) is 4.79 Å². The third kappa shape index (κ3) is 5.35. The summed E-state index contributed by atoms with van der Waals surface area (Å²) in [7, 11) is 0. The number of amides is 1. The average Bonchev–Trinajstić information content (AvgIpc) is 3.41. The minimum absolute atomic E-state index is 0. The number of benzene rings is 1. The molecule has 1 aliphatic heterocycles. The van der Waals surface area contributed by atoms with Gasteiger partial charge in [0.2, 0.25) is 5.91 Å². The molecule has 1 aromatic rings. The smallest absolute Gasteiger partial charge is 0.223 e. The molecule has 0 spiro atoms. The maximum Gasteiger partial charge on any atom is 0.223 e. The topological polar surface area (TPSA) is 32.3 Å². The summed E-state index contributed by atoms with van der Waals surface area (Å²) in [5, 5.41) is 4.16. The molecule has 2 atom stereocenters. The molecule has 25 heavy (non-hydrogen) atoms. The van der Waals surface area contributed by atoms with Crippen LogP contribution in [0, 0.1) is 11.8 Å². The molecule has 1 saturated carbocycles. The van der Waals surface area contributed by atoms with E-state index in [1.807, 2.05) is 24.3 Å². The van der Waals surface area contributed by atoms with Gasteiger partial charge in [0.1, 0.15) is 0 Å². The number of hydrogen-bond acceptors (Lipinski definition) is 2. The lowest BCUT2D eigenvalue weighted by molar-refractivity contribution is -0.135. The van der Waals surface area contributed by atoms with Crippen LogP contribution in [0.1, 0.15) is 57.6 Å². The Bertz CT molecular complexity index is 553. The Labute approximate surface area is 162 Å². The second-order valence-electron chi connectivity index (χ2n) is 7.53. The van der Waals surface area contributed by atoms with E-state index in [4.69, 9.17) is 11.6 Å². The van der Waals surface area contributed by atoms with Gasteiger partial charge >= 0.3 is 0 Å². The lowest BCUT2D eigenvalue weighted by atomic mass is 9.83. The van der Waals surface area contributed by atoms with E-state index < -0.39 is 0 Å². The summed E-state index contributed by atoms with van der Waals surface area (Å²) in [5.41, 5.74) is 1.18. The Balaban J connectivity index is 0.00000225. The number of carbonyl (C=O) groups is 1. The number of nitrogens with zero attached hydrogens (tertiary/aromatic N) is 1. The number of hydrogen-bond donors (Lipinski definition) is 1. The Morgan fingerprint density at radius 2 is 1.76 bits per heavy atom. The molecule has 2 aliphatic rings. The number of carbonyl (C=O) groups excluding carboxylic acids is 1. The van der Waals surface area contributed by atoms with Crippen molar-refractivity contribution in [2.45, 2.75) is 58.0 Å². The van der Waals surface area contributed by atoms with Crippen LogP contribution in [0.25, 0.3) is 0 Å². The second-order valence-corrected chi connectivity index (χ2v) is 7.96. The monoisotopic (exact) mass is 384 g/mol. The second kappa shape index (κ2) is 9.25. The van der Waals surface area contributed by atoms with Gasteiger partial charge in [-0.05, 0) is 75.2 Å². The summed E-state index contributed by atoms with van der Waals surface area (Å²) >= 11 is 6.00. The standard InChI is InChI=1S/C20H29ClN2O.ClH/c1-14(16-9-11-22-12-10-16)13-20(24)23(19-7-8-19)15(2)17-3-5-18(21)6-4-17;/h3-6,14-16,19,22H,7-13H2,1-2H3;1H. The first-order chi connectivity index (χ1) is 11.6. The van der Waals surface area contributed by atoms with Crippen LogP contribution in [0.3, 0.4) is 0 Å². The van der Waals surface area contributed by atoms with E-state index in [1.54, 1.807) is 0 Å². The van der Waals surface area contributed by atoms with Crippen LogP contribution in [0.15, 0.2) is 24.3 Å². The van der Waals surface area contributed by atoms with Gasteiger partial charge in [0.15, 0.2) is 0 Å². The first-order valence-corrected chi connectivity index (χ1v) is 9.71. The Kier molecular flexibility index (Phi) is 7.60. The minimum atomic E-state index is 0. The lowest BCUT2D eigenvalue weighted by Gasteiger charge is -2.33. The summed E-state index contributed by atoms with van der Waals surface area (Å²) in [4.78, 5) is 15.2. The van der Waals surface area contributed by atoms with Crippen molar-refractivity contribution >= 4 is 29.9 Å². The molecule has 3 rings (SSSR count). The molecule has 0 aromatic heterocycles. The van der Waals surface area contributed by atoms with Crippen LogP contribution in [-0.4, -0.2) is 29.9 Å². The number of nitrogens with one attached hydrogen (secondary N) is 1. The largest absolute Gasteiger partial charge is 0.333 e. The Morgan fingerprint density at radius 1 is 1.16 bits per heavy atom. The molecule has 1 amide bonds. The molecule has 0 bridgehead atoms. The summed E-state index contributed by atoms with van der Waals surface area (Å²) in [6.07, 6.45) is 5.37. The molecule has 2 fully saturated rings. The van der Waals surface area contributed by atoms with Crippen molar-refractivity contribution in [3.8, 4) is 0 Å². The van der Waals surface area contributed by atoms with Crippen LogP contribution in [0.2, 0.25) is 5.02 Å². The summed E-state index contributed by atoms with van der Waals surface area (Å²) < 4.78 is 0. The molecule has 1 heterocycles. The Morgan fingerprint density at radius 3 is 2.32 bits per heavy atom. The van der Waals surface area contributed by atoms with Gasteiger partial charge in [0.05, 0.1) is 6.04 Å². The molecule has 3 nitrogen and oxygen atoms in total. The zero-order valence-corrected chi connectivity index (χ0v) is 16.8. The van der Waals surface area contributed by atoms with Crippen molar-refractivity contribution in [2.24, 2.45) is 11.8 Å². The SMILES string of the molecule is CC(CC(=O)N(C1CC1)C(C)c1ccc(Cl)cc1)C1CCNCC1.Cl. The predicted molar refractivity (Wildman–Crippen MR) is 106 cm³/mol. The molecule has 1 saturated heterocycles. The van der Waals surface area contributed by atoms with Gasteiger partial charge in [-0.3, -0.25) is 4.79 Å². The molecular formula is C20H30Cl2N2O. The highest BCUT2D eigenvalue weighted by Gasteiger charge is 2.37. The fourth-order valence-corrected chi connectivity index (χ4v) is 4.08.